The van der Waals surface area contributed by atoms with Gasteiger partial charge < -0.3 is 4.90 Å². The summed E-state index contributed by atoms with van der Waals surface area (Å²) in [6, 6.07) is 8.07. The van der Waals surface area contributed by atoms with Gasteiger partial charge in [0.2, 0.25) is 0 Å². The van der Waals surface area contributed by atoms with Gasteiger partial charge in [-0.15, -0.1) is 11.3 Å². The lowest BCUT2D eigenvalue weighted by molar-refractivity contribution is -0.908. The lowest BCUT2D eigenvalue weighted by Gasteiger charge is -2.13. The zero-order chi connectivity index (χ0) is 14.8. The van der Waals surface area contributed by atoms with Gasteiger partial charge >= 0.3 is 0 Å². The quantitative estimate of drug-likeness (QED) is 0.784. The number of hydrogen-bond acceptors (Lipinski definition) is 3. The van der Waals surface area contributed by atoms with Crippen LogP contribution in [0.15, 0.2) is 46.7 Å². The Morgan fingerprint density at radius 1 is 1.29 bits per heavy atom. The van der Waals surface area contributed by atoms with Crippen LogP contribution < -0.4 is 10.5 Å². The highest BCUT2D eigenvalue weighted by Crippen LogP contribution is 2.06. The van der Waals surface area contributed by atoms with Crippen molar-refractivity contribution in [1.29, 1.82) is 0 Å². The standard InChI is InChI=1S/C15H14FN3OS/c1-18(9-11-2-4-12(16)5-3-11)10-13-8-14(20)19-6-7-21-15(19)17-13/h2-8H,9-10H2,1H3/p+1. The van der Waals surface area contributed by atoms with Gasteiger partial charge in [0.25, 0.3) is 5.56 Å². The summed E-state index contributed by atoms with van der Waals surface area (Å²) >= 11 is 1.45. The molecule has 1 atom stereocenters. The topological polar surface area (TPSA) is 38.8 Å². The van der Waals surface area contributed by atoms with E-state index in [1.165, 1.54) is 28.4 Å². The summed E-state index contributed by atoms with van der Waals surface area (Å²) in [7, 11) is 2.03. The molecule has 21 heavy (non-hydrogen) atoms. The van der Waals surface area contributed by atoms with Gasteiger partial charge in [0, 0.05) is 23.2 Å². The molecular weight excluding hydrogens is 289 g/mol. The molecule has 4 nitrogen and oxygen atoms in total. The lowest BCUT2D eigenvalue weighted by Crippen LogP contribution is -3.06. The van der Waals surface area contributed by atoms with E-state index in [0.717, 1.165) is 17.8 Å². The Morgan fingerprint density at radius 2 is 2.05 bits per heavy atom. The maximum Gasteiger partial charge on any atom is 0.258 e. The Morgan fingerprint density at radius 3 is 2.81 bits per heavy atom. The van der Waals surface area contributed by atoms with Crippen LogP contribution in [-0.4, -0.2) is 16.4 Å². The number of quaternary nitrogens is 1. The third kappa shape index (κ3) is 3.17. The van der Waals surface area contributed by atoms with E-state index in [1.54, 1.807) is 28.8 Å². The molecule has 3 aromatic rings. The molecule has 0 spiro atoms. The first-order valence-corrected chi connectivity index (χ1v) is 7.51. The van der Waals surface area contributed by atoms with Gasteiger partial charge in [-0.3, -0.25) is 9.20 Å². The van der Waals surface area contributed by atoms with Gasteiger partial charge in [-0.25, -0.2) is 9.37 Å². The van der Waals surface area contributed by atoms with Crippen LogP contribution in [-0.2, 0) is 13.1 Å². The molecular formula is C15H15FN3OS+. The van der Waals surface area contributed by atoms with Crippen molar-refractivity contribution >= 4 is 16.3 Å². The minimum Gasteiger partial charge on any atom is -0.329 e. The van der Waals surface area contributed by atoms with E-state index in [0.29, 0.717) is 11.5 Å². The first-order chi connectivity index (χ1) is 10.1. The summed E-state index contributed by atoms with van der Waals surface area (Å²) in [6.07, 6.45) is 1.73. The monoisotopic (exact) mass is 304 g/mol. The summed E-state index contributed by atoms with van der Waals surface area (Å²) in [6.45, 7) is 1.41. The van der Waals surface area contributed by atoms with Crippen molar-refractivity contribution in [2.45, 2.75) is 13.1 Å². The number of benzene rings is 1. The molecule has 2 aromatic heterocycles. The number of rotatable bonds is 4. The SMILES string of the molecule is C[NH+](Cc1ccc(F)cc1)Cc1cc(=O)n2ccsc2n1. The van der Waals surface area contributed by atoms with E-state index in [1.807, 2.05) is 12.4 Å². The van der Waals surface area contributed by atoms with Crippen LogP contribution in [0.1, 0.15) is 11.3 Å². The van der Waals surface area contributed by atoms with Gasteiger partial charge in [0.1, 0.15) is 24.6 Å². The second-order valence-corrected chi connectivity index (χ2v) is 5.95. The molecule has 3 rings (SSSR count). The average molecular weight is 304 g/mol. The first-order valence-electron chi connectivity index (χ1n) is 6.63. The van der Waals surface area contributed by atoms with Crippen molar-refractivity contribution in [3.63, 3.8) is 0 Å². The molecule has 108 valence electrons. The molecule has 0 aliphatic rings. The highest BCUT2D eigenvalue weighted by molar-refractivity contribution is 7.15. The molecule has 1 aromatic carbocycles. The number of halogens is 1. The Balaban J connectivity index is 1.75. The molecule has 0 saturated carbocycles. The molecule has 0 saturated heterocycles. The highest BCUT2D eigenvalue weighted by atomic mass is 32.1. The number of hydrogen-bond donors (Lipinski definition) is 1. The van der Waals surface area contributed by atoms with E-state index in [2.05, 4.69) is 4.98 Å². The Kier molecular flexibility index (Phi) is 3.81. The molecule has 0 bridgehead atoms. The van der Waals surface area contributed by atoms with E-state index < -0.39 is 0 Å². The Labute approximate surface area is 125 Å². The average Bonchev–Trinajstić information content (AvgIpc) is 2.90. The fourth-order valence-electron chi connectivity index (χ4n) is 2.30. The van der Waals surface area contributed by atoms with Crippen molar-refractivity contribution in [2.24, 2.45) is 0 Å². The predicted molar refractivity (Wildman–Crippen MR) is 80.0 cm³/mol. The Bertz CT molecular complexity index is 810. The molecule has 0 amide bonds. The summed E-state index contributed by atoms with van der Waals surface area (Å²) in [5.74, 6) is -0.228. The number of thiazole rings is 1. The highest BCUT2D eigenvalue weighted by Gasteiger charge is 2.09. The summed E-state index contributed by atoms with van der Waals surface area (Å²) < 4.78 is 14.4. The normalized spacial score (nSPS) is 12.7. The van der Waals surface area contributed by atoms with E-state index in [9.17, 15) is 9.18 Å². The zero-order valence-corrected chi connectivity index (χ0v) is 12.4. The second kappa shape index (κ2) is 5.75. The largest absolute Gasteiger partial charge is 0.329 e. The lowest BCUT2D eigenvalue weighted by atomic mass is 10.2. The maximum absolute atomic E-state index is 12.9. The number of aromatic nitrogens is 2. The molecule has 6 heteroatoms. The molecule has 1 N–H and O–H groups in total. The molecule has 0 fully saturated rings. The Hall–Kier alpha value is -2.05. The van der Waals surface area contributed by atoms with Crippen molar-refractivity contribution in [3.8, 4) is 0 Å². The smallest absolute Gasteiger partial charge is 0.258 e. The van der Waals surface area contributed by atoms with Crippen molar-refractivity contribution in [1.82, 2.24) is 9.38 Å². The fraction of sp³-hybridized carbons (Fsp3) is 0.200. The van der Waals surface area contributed by atoms with E-state index in [-0.39, 0.29) is 11.4 Å². The zero-order valence-electron chi connectivity index (χ0n) is 11.5. The summed E-state index contributed by atoms with van der Waals surface area (Å²) in [5.41, 5.74) is 1.79. The maximum atomic E-state index is 12.9. The van der Waals surface area contributed by atoms with Gasteiger partial charge in [-0.1, -0.05) is 12.1 Å². The number of nitrogens with zero attached hydrogens (tertiary/aromatic N) is 2. The van der Waals surface area contributed by atoms with Gasteiger partial charge in [0.15, 0.2) is 4.96 Å². The minimum absolute atomic E-state index is 0.0502. The van der Waals surface area contributed by atoms with Crippen LogP contribution in [0.2, 0.25) is 0 Å². The van der Waals surface area contributed by atoms with Crippen LogP contribution in [0.5, 0.6) is 0 Å². The van der Waals surface area contributed by atoms with E-state index >= 15 is 0 Å². The van der Waals surface area contributed by atoms with E-state index in [4.69, 9.17) is 0 Å². The van der Waals surface area contributed by atoms with Crippen LogP contribution in [0.25, 0.3) is 4.96 Å². The second-order valence-electron chi connectivity index (χ2n) is 5.08. The minimum atomic E-state index is -0.228. The number of fused-ring (bicyclic) bond motifs is 1. The predicted octanol–water partition coefficient (Wildman–Crippen LogP) is 1.11. The van der Waals surface area contributed by atoms with Crippen LogP contribution in [0.3, 0.4) is 0 Å². The van der Waals surface area contributed by atoms with Crippen LogP contribution in [0, 0.1) is 5.82 Å². The summed E-state index contributed by atoms with van der Waals surface area (Å²) in [5, 5.41) is 1.85. The molecule has 2 heterocycles. The van der Waals surface area contributed by atoms with Gasteiger partial charge in [-0.05, 0) is 12.1 Å². The molecule has 0 radical (unpaired) electrons. The first kappa shape index (κ1) is 13.9. The van der Waals surface area contributed by atoms with Crippen molar-refractivity contribution < 1.29 is 9.29 Å². The third-order valence-corrected chi connectivity index (χ3v) is 4.01. The molecule has 0 aliphatic carbocycles. The van der Waals surface area contributed by atoms with Crippen LogP contribution >= 0.6 is 11.3 Å². The van der Waals surface area contributed by atoms with Crippen LogP contribution in [0.4, 0.5) is 4.39 Å². The fourth-order valence-corrected chi connectivity index (χ4v) is 3.04. The third-order valence-electron chi connectivity index (χ3n) is 3.26. The number of nitrogens with one attached hydrogen (secondary N) is 1. The van der Waals surface area contributed by atoms with Crippen molar-refractivity contribution in [2.75, 3.05) is 7.05 Å². The van der Waals surface area contributed by atoms with Gasteiger partial charge in [0.05, 0.1) is 7.05 Å². The summed E-state index contributed by atoms with van der Waals surface area (Å²) in [4.78, 5) is 18.3. The molecule has 0 aliphatic heterocycles. The van der Waals surface area contributed by atoms with Crippen molar-refractivity contribution in [3.05, 3.63) is 69.3 Å². The van der Waals surface area contributed by atoms with Gasteiger partial charge in [-0.2, -0.15) is 0 Å². The molecule has 1 unspecified atom stereocenters.